The number of hydrogen-bond donors (Lipinski definition) is 1. The minimum Gasteiger partial charge on any atom is -0.347 e. The van der Waals surface area contributed by atoms with E-state index in [4.69, 9.17) is 0 Å². The third kappa shape index (κ3) is 3.10. The summed E-state index contributed by atoms with van der Waals surface area (Å²) in [6.07, 6.45) is 5.77. The lowest BCUT2D eigenvalue weighted by Gasteiger charge is -2.15. The third-order valence-electron chi connectivity index (χ3n) is 2.63. The van der Waals surface area contributed by atoms with Gasteiger partial charge in [-0.05, 0) is 19.8 Å². The third-order valence-corrected chi connectivity index (χ3v) is 3.73. The van der Waals surface area contributed by atoms with E-state index in [1.54, 1.807) is 11.3 Å². The molecule has 98 valence electrons. The van der Waals surface area contributed by atoms with Crippen LogP contribution in [0.5, 0.6) is 0 Å². The van der Waals surface area contributed by atoms with Gasteiger partial charge in [-0.1, -0.05) is 13.8 Å². The quantitative estimate of drug-likeness (QED) is 0.899. The molecule has 1 N–H and O–H groups in total. The highest BCUT2D eigenvalue weighted by atomic mass is 32.1. The standard InChI is InChI=1S/C13H20N4S/c1-9(2)8-17-6-5-14-13(17)16-11(4)12-15-7-10(3)18-12/h5-7,9,11H,8H2,1-4H3,(H,14,16). The van der Waals surface area contributed by atoms with Crippen molar-refractivity contribution in [3.63, 3.8) is 0 Å². The molecule has 2 rings (SSSR count). The molecule has 2 aromatic heterocycles. The molecule has 1 atom stereocenters. The maximum Gasteiger partial charge on any atom is 0.203 e. The second kappa shape index (κ2) is 5.52. The summed E-state index contributed by atoms with van der Waals surface area (Å²) < 4.78 is 2.15. The summed E-state index contributed by atoms with van der Waals surface area (Å²) in [5.41, 5.74) is 0. The molecule has 0 bridgehead atoms. The van der Waals surface area contributed by atoms with Gasteiger partial charge < -0.3 is 9.88 Å². The zero-order chi connectivity index (χ0) is 13.1. The van der Waals surface area contributed by atoms with E-state index in [-0.39, 0.29) is 6.04 Å². The zero-order valence-corrected chi connectivity index (χ0v) is 12.2. The van der Waals surface area contributed by atoms with Crippen LogP contribution in [0.15, 0.2) is 18.6 Å². The minimum atomic E-state index is 0.192. The van der Waals surface area contributed by atoms with Crippen LogP contribution in [0.25, 0.3) is 0 Å². The van der Waals surface area contributed by atoms with Crippen LogP contribution in [-0.2, 0) is 6.54 Å². The first kappa shape index (κ1) is 13.1. The molecule has 1 unspecified atom stereocenters. The largest absolute Gasteiger partial charge is 0.347 e. The molecule has 0 spiro atoms. The van der Waals surface area contributed by atoms with Crippen LogP contribution in [0.4, 0.5) is 5.95 Å². The Balaban J connectivity index is 2.07. The van der Waals surface area contributed by atoms with Crippen molar-refractivity contribution < 1.29 is 0 Å². The van der Waals surface area contributed by atoms with Crippen molar-refractivity contribution in [1.82, 2.24) is 14.5 Å². The van der Waals surface area contributed by atoms with Gasteiger partial charge in [0.1, 0.15) is 5.01 Å². The van der Waals surface area contributed by atoms with Crippen LogP contribution in [0.1, 0.15) is 36.7 Å². The van der Waals surface area contributed by atoms with E-state index in [0.29, 0.717) is 5.92 Å². The monoisotopic (exact) mass is 264 g/mol. The Morgan fingerprint density at radius 1 is 1.33 bits per heavy atom. The summed E-state index contributed by atoms with van der Waals surface area (Å²) in [4.78, 5) is 10.0. The highest BCUT2D eigenvalue weighted by molar-refractivity contribution is 7.11. The number of nitrogens with zero attached hydrogens (tertiary/aromatic N) is 3. The summed E-state index contributed by atoms with van der Waals surface area (Å²) in [5.74, 6) is 1.53. The van der Waals surface area contributed by atoms with Crippen molar-refractivity contribution >= 4 is 17.3 Å². The lowest BCUT2D eigenvalue weighted by atomic mass is 10.2. The Morgan fingerprint density at radius 2 is 2.11 bits per heavy atom. The predicted molar refractivity (Wildman–Crippen MR) is 76.0 cm³/mol. The molecule has 18 heavy (non-hydrogen) atoms. The van der Waals surface area contributed by atoms with Gasteiger partial charge in [-0.25, -0.2) is 9.97 Å². The number of aromatic nitrogens is 3. The fraction of sp³-hybridized carbons (Fsp3) is 0.538. The number of rotatable bonds is 5. The average molecular weight is 264 g/mol. The molecule has 0 aliphatic rings. The first-order valence-corrected chi connectivity index (χ1v) is 7.08. The lowest BCUT2D eigenvalue weighted by Crippen LogP contribution is -2.13. The van der Waals surface area contributed by atoms with Crippen molar-refractivity contribution in [2.75, 3.05) is 5.32 Å². The molecule has 5 heteroatoms. The Morgan fingerprint density at radius 3 is 2.72 bits per heavy atom. The Bertz CT molecular complexity index is 501. The van der Waals surface area contributed by atoms with Gasteiger partial charge in [0.25, 0.3) is 0 Å². The van der Waals surface area contributed by atoms with E-state index in [1.165, 1.54) is 4.88 Å². The van der Waals surface area contributed by atoms with Gasteiger partial charge in [0.2, 0.25) is 5.95 Å². The van der Waals surface area contributed by atoms with Gasteiger partial charge >= 0.3 is 0 Å². The molecule has 0 fully saturated rings. The zero-order valence-electron chi connectivity index (χ0n) is 11.3. The second-order valence-corrected chi connectivity index (χ2v) is 6.24. The first-order chi connectivity index (χ1) is 8.56. The number of thiazole rings is 1. The van der Waals surface area contributed by atoms with E-state index in [0.717, 1.165) is 17.5 Å². The van der Waals surface area contributed by atoms with E-state index < -0.39 is 0 Å². The molecular weight excluding hydrogens is 244 g/mol. The minimum absolute atomic E-state index is 0.192. The Hall–Kier alpha value is -1.36. The summed E-state index contributed by atoms with van der Waals surface area (Å²) in [7, 11) is 0. The molecule has 0 aromatic carbocycles. The normalized spacial score (nSPS) is 12.9. The van der Waals surface area contributed by atoms with E-state index in [1.807, 2.05) is 18.6 Å². The van der Waals surface area contributed by atoms with Gasteiger partial charge in [0.05, 0.1) is 6.04 Å². The molecular formula is C13H20N4S. The van der Waals surface area contributed by atoms with Crippen molar-refractivity contribution in [1.29, 1.82) is 0 Å². The highest BCUT2D eigenvalue weighted by Crippen LogP contribution is 2.22. The predicted octanol–water partition coefficient (Wildman–Crippen LogP) is 3.48. The van der Waals surface area contributed by atoms with Crippen molar-refractivity contribution in [3.8, 4) is 0 Å². The highest BCUT2D eigenvalue weighted by Gasteiger charge is 2.12. The molecule has 4 nitrogen and oxygen atoms in total. The molecule has 0 aliphatic heterocycles. The van der Waals surface area contributed by atoms with Crippen LogP contribution in [0.3, 0.4) is 0 Å². The van der Waals surface area contributed by atoms with Crippen LogP contribution in [0.2, 0.25) is 0 Å². The summed E-state index contributed by atoms with van der Waals surface area (Å²) >= 11 is 1.73. The summed E-state index contributed by atoms with van der Waals surface area (Å²) in [6, 6.07) is 0.192. The van der Waals surface area contributed by atoms with Gasteiger partial charge in [-0.2, -0.15) is 0 Å². The van der Waals surface area contributed by atoms with Gasteiger partial charge in [-0.15, -0.1) is 11.3 Å². The summed E-state index contributed by atoms with van der Waals surface area (Å²) in [5, 5.41) is 4.53. The molecule has 0 amide bonds. The van der Waals surface area contributed by atoms with Gasteiger partial charge in [-0.3, -0.25) is 0 Å². The van der Waals surface area contributed by atoms with Crippen LogP contribution < -0.4 is 5.32 Å². The Labute approximate surface area is 112 Å². The molecule has 2 aromatic rings. The van der Waals surface area contributed by atoms with Crippen molar-refractivity contribution in [3.05, 3.63) is 28.5 Å². The SMILES string of the molecule is Cc1cnc(C(C)Nc2nccn2CC(C)C)s1. The fourth-order valence-corrected chi connectivity index (χ4v) is 2.59. The topological polar surface area (TPSA) is 42.7 Å². The number of aryl methyl sites for hydroxylation is 1. The van der Waals surface area contributed by atoms with E-state index >= 15 is 0 Å². The number of hydrogen-bond acceptors (Lipinski definition) is 4. The van der Waals surface area contributed by atoms with Crippen molar-refractivity contribution in [2.24, 2.45) is 5.92 Å². The van der Waals surface area contributed by atoms with Crippen LogP contribution in [-0.4, -0.2) is 14.5 Å². The molecule has 0 saturated heterocycles. The first-order valence-electron chi connectivity index (χ1n) is 6.26. The maximum absolute atomic E-state index is 4.41. The smallest absolute Gasteiger partial charge is 0.203 e. The number of anilines is 1. The fourth-order valence-electron chi connectivity index (χ4n) is 1.82. The number of nitrogens with one attached hydrogen (secondary N) is 1. The summed E-state index contributed by atoms with van der Waals surface area (Å²) in [6.45, 7) is 9.58. The van der Waals surface area contributed by atoms with Crippen LogP contribution >= 0.6 is 11.3 Å². The van der Waals surface area contributed by atoms with Crippen molar-refractivity contribution in [2.45, 2.75) is 40.3 Å². The average Bonchev–Trinajstić information content (AvgIpc) is 2.88. The van der Waals surface area contributed by atoms with Gasteiger partial charge in [0, 0.05) is 30.0 Å². The van der Waals surface area contributed by atoms with E-state index in [2.05, 4.69) is 47.5 Å². The maximum atomic E-state index is 4.41. The lowest BCUT2D eigenvalue weighted by molar-refractivity contribution is 0.524. The Kier molecular flexibility index (Phi) is 4.01. The second-order valence-electron chi connectivity index (χ2n) is 4.97. The molecule has 0 saturated carbocycles. The molecule has 0 aliphatic carbocycles. The van der Waals surface area contributed by atoms with E-state index in [9.17, 15) is 0 Å². The number of imidazole rings is 1. The molecule has 2 heterocycles. The molecule has 0 radical (unpaired) electrons. The van der Waals surface area contributed by atoms with Crippen LogP contribution in [0, 0.1) is 12.8 Å². The van der Waals surface area contributed by atoms with Gasteiger partial charge in [0.15, 0.2) is 0 Å².